The van der Waals surface area contributed by atoms with Crippen molar-refractivity contribution in [3.05, 3.63) is 76.7 Å². The minimum absolute atomic E-state index is 0.0646. The third-order valence-electron chi connectivity index (χ3n) is 6.71. The molecule has 2 aromatic heterocycles. The number of aromatic nitrogens is 3. The molecule has 0 radical (unpaired) electrons. The van der Waals surface area contributed by atoms with Gasteiger partial charge in [0.25, 0.3) is 5.56 Å². The summed E-state index contributed by atoms with van der Waals surface area (Å²) in [7, 11) is 0. The maximum atomic E-state index is 13.5. The molecule has 1 N–H and O–H groups in total. The second-order valence-corrected chi connectivity index (χ2v) is 8.89. The number of nitrogens with zero attached hydrogens (tertiary/aromatic N) is 3. The highest BCUT2D eigenvalue weighted by Crippen LogP contribution is 2.27. The van der Waals surface area contributed by atoms with Gasteiger partial charge in [0.1, 0.15) is 12.1 Å². The highest BCUT2D eigenvalue weighted by Gasteiger charge is 2.23. The molecule has 164 valence electrons. The first-order valence-corrected chi connectivity index (χ1v) is 11.4. The van der Waals surface area contributed by atoms with Crippen LogP contribution in [-0.2, 0) is 17.9 Å². The van der Waals surface area contributed by atoms with Gasteiger partial charge in [-0.1, -0.05) is 68.3 Å². The number of nitrogens with one attached hydrogen (secondary N) is 1. The van der Waals surface area contributed by atoms with Crippen molar-refractivity contribution in [3.8, 4) is 0 Å². The molecule has 2 atom stereocenters. The van der Waals surface area contributed by atoms with Crippen molar-refractivity contribution < 1.29 is 4.79 Å². The second-order valence-electron chi connectivity index (χ2n) is 8.89. The van der Waals surface area contributed by atoms with E-state index in [1.54, 1.807) is 6.20 Å². The van der Waals surface area contributed by atoms with Crippen LogP contribution in [0.15, 0.2) is 65.6 Å². The summed E-state index contributed by atoms with van der Waals surface area (Å²) < 4.78 is 3.34. The van der Waals surface area contributed by atoms with Crippen molar-refractivity contribution in [2.75, 3.05) is 0 Å². The Morgan fingerprint density at radius 1 is 1.03 bits per heavy atom. The van der Waals surface area contributed by atoms with Crippen LogP contribution in [0.3, 0.4) is 0 Å². The van der Waals surface area contributed by atoms with Crippen molar-refractivity contribution in [1.29, 1.82) is 0 Å². The lowest BCUT2D eigenvalue weighted by Gasteiger charge is -2.29. The van der Waals surface area contributed by atoms with Gasteiger partial charge in [-0.25, -0.2) is 4.68 Å². The Morgan fingerprint density at radius 2 is 1.78 bits per heavy atom. The van der Waals surface area contributed by atoms with Gasteiger partial charge in [0.05, 0.1) is 6.20 Å². The van der Waals surface area contributed by atoms with Crippen LogP contribution in [-0.4, -0.2) is 26.3 Å². The van der Waals surface area contributed by atoms with Crippen molar-refractivity contribution in [2.45, 2.75) is 51.7 Å². The molecule has 0 bridgehead atoms. The van der Waals surface area contributed by atoms with Gasteiger partial charge >= 0.3 is 0 Å². The molecule has 32 heavy (non-hydrogen) atoms. The smallest absolute Gasteiger partial charge is 0.291 e. The van der Waals surface area contributed by atoms with Crippen LogP contribution >= 0.6 is 0 Å². The zero-order valence-electron chi connectivity index (χ0n) is 18.3. The average molecular weight is 429 g/mol. The van der Waals surface area contributed by atoms with Gasteiger partial charge in [0.15, 0.2) is 0 Å². The van der Waals surface area contributed by atoms with E-state index in [0.717, 1.165) is 41.1 Å². The van der Waals surface area contributed by atoms with Gasteiger partial charge in [0, 0.05) is 28.9 Å². The maximum absolute atomic E-state index is 13.5. The van der Waals surface area contributed by atoms with Gasteiger partial charge < -0.3 is 9.88 Å². The molecule has 1 fully saturated rings. The van der Waals surface area contributed by atoms with E-state index in [9.17, 15) is 9.59 Å². The van der Waals surface area contributed by atoms with Crippen LogP contribution in [0.25, 0.3) is 21.8 Å². The summed E-state index contributed by atoms with van der Waals surface area (Å²) >= 11 is 0. The Balaban J connectivity index is 1.52. The van der Waals surface area contributed by atoms with Crippen LogP contribution in [0.4, 0.5) is 0 Å². The number of rotatable bonds is 5. The van der Waals surface area contributed by atoms with Crippen molar-refractivity contribution in [3.63, 3.8) is 0 Å². The standard InChI is InChI=1S/C26H28N4O2/c1-18-9-5-7-13-22(18)28-24(31)17-30-26(32)25-21(15-27-30)20-12-6-8-14-23(20)29(25)16-19-10-3-2-4-11-19/h2-4,6,8,10-12,14-15,18,22H,5,7,9,13,16-17H2,1H3,(H,28,31)/t18-,22+/m1/s1. The first-order chi connectivity index (χ1) is 15.6. The molecule has 2 heterocycles. The molecule has 0 saturated heterocycles. The van der Waals surface area contributed by atoms with E-state index in [-0.39, 0.29) is 24.1 Å². The molecule has 1 saturated carbocycles. The first-order valence-electron chi connectivity index (χ1n) is 11.4. The predicted octanol–water partition coefficient (Wildman–Crippen LogP) is 4.09. The van der Waals surface area contributed by atoms with E-state index in [2.05, 4.69) is 29.5 Å². The largest absolute Gasteiger partial charge is 0.351 e. The normalized spacial score (nSPS) is 18.8. The topological polar surface area (TPSA) is 68.9 Å². The number of carbonyl (C=O) groups is 1. The monoisotopic (exact) mass is 428 g/mol. The number of fused-ring (bicyclic) bond motifs is 3. The summed E-state index contributed by atoms with van der Waals surface area (Å²) in [6.45, 7) is 2.70. The molecule has 2 aromatic carbocycles. The summed E-state index contributed by atoms with van der Waals surface area (Å²) in [5, 5.41) is 9.30. The fourth-order valence-electron chi connectivity index (χ4n) is 4.96. The molecule has 0 spiro atoms. The quantitative estimate of drug-likeness (QED) is 0.520. The molecule has 0 unspecified atom stereocenters. The second kappa shape index (κ2) is 8.61. The molecule has 4 aromatic rings. The Hall–Kier alpha value is -3.41. The summed E-state index contributed by atoms with van der Waals surface area (Å²) in [5.41, 5.74) is 2.45. The number of hydrogen-bond acceptors (Lipinski definition) is 3. The zero-order chi connectivity index (χ0) is 22.1. The van der Waals surface area contributed by atoms with E-state index < -0.39 is 0 Å². The molecule has 1 amide bonds. The predicted molar refractivity (Wildman–Crippen MR) is 127 cm³/mol. The Morgan fingerprint density at radius 3 is 2.59 bits per heavy atom. The van der Waals surface area contributed by atoms with Crippen molar-refractivity contribution in [2.24, 2.45) is 5.92 Å². The fraction of sp³-hybridized carbons (Fsp3) is 0.346. The SMILES string of the molecule is C[C@@H]1CCCC[C@@H]1NC(=O)Cn1ncc2c3ccccc3n(Cc3ccccc3)c2c1=O. The van der Waals surface area contributed by atoms with Crippen LogP contribution in [0.5, 0.6) is 0 Å². The average Bonchev–Trinajstić information content (AvgIpc) is 3.12. The molecule has 5 rings (SSSR count). The number of carbonyl (C=O) groups excluding carboxylic acids is 1. The molecule has 0 aliphatic heterocycles. The number of benzene rings is 2. The van der Waals surface area contributed by atoms with Gasteiger partial charge in [-0.15, -0.1) is 0 Å². The van der Waals surface area contributed by atoms with E-state index in [1.807, 2.05) is 47.0 Å². The number of hydrogen-bond donors (Lipinski definition) is 1. The Labute approximate surface area is 186 Å². The van der Waals surface area contributed by atoms with E-state index in [1.165, 1.54) is 11.1 Å². The lowest BCUT2D eigenvalue weighted by atomic mass is 9.86. The Bertz CT molecular complexity index is 1320. The van der Waals surface area contributed by atoms with Crippen LogP contribution in [0.2, 0.25) is 0 Å². The summed E-state index contributed by atoms with van der Waals surface area (Å²) in [5.74, 6) is 0.316. The highest BCUT2D eigenvalue weighted by molar-refractivity contribution is 6.07. The zero-order valence-corrected chi connectivity index (χ0v) is 18.3. The highest BCUT2D eigenvalue weighted by atomic mass is 16.2. The minimum Gasteiger partial charge on any atom is -0.351 e. The summed E-state index contributed by atoms with van der Waals surface area (Å²) in [6.07, 6.45) is 6.21. The first kappa shape index (κ1) is 20.5. The molecule has 6 nitrogen and oxygen atoms in total. The summed E-state index contributed by atoms with van der Waals surface area (Å²) in [4.78, 5) is 26.2. The van der Waals surface area contributed by atoms with Crippen molar-refractivity contribution >= 4 is 27.7 Å². The van der Waals surface area contributed by atoms with Gasteiger partial charge in [-0.2, -0.15) is 5.10 Å². The molecule has 6 heteroatoms. The summed E-state index contributed by atoms with van der Waals surface area (Å²) in [6, 6.07) is 18.3. The third-order valence-corrected chi connectivity index (χ3v) is 6.71. The molecule has 1 aliphatic carbocycles. The molecular weight excluding hydrogens is 400 g/mol. The van der Waals surface area contributed by atoms with Crippen LogP contribution in [0, 0.1) is 5.92 Å². The lowest BCUT2D eigenvalue weighted by Crippen LogP contribution is -2.43. The third kappa shape index (κ3) is 3.81. The van der Waals surface area contributed by atoms with Gasteiger partial charge in [-0.3, -0.25) is 9.59 Å². The van der Waals surface area contributed by atoms with Crippen molar-refractivity contribution in [1.82, 2.24) is 19.7 Å². The van der Waals surface area contributed by atoms with E-state index >= 15 is 0 Å². The number of amides is 1. The minimum atomic E-state index is -0.235. The van der Waals surface area contributed by atoms with Gasteiger partial charge in [-0.05, 0) is 30.4 Å². The van der Waals surface area contributed by atoms with Gasteiger partial charge in [0.2, 0.25) is 5.91 Å². The lowest BCUT2D eigenvalue weighted by molar-refractivity contribution is -0.123. The fourth-order valence-corrected chi connectivity index (χ4v) is 4.96. The molecular formula is C26H28N4O2. The van der Waals surface area contributed by atoms with Crippen LogP contribution < -0.4 is 10.9 Å². The Kier molecular flexibility index (Phi) is 5.52. The van der Waals surface area contributed by atoms with E-state index in [0.29, 0.717) is 18.0 Å². The molecule has 1 aliphatic rings. The van der Waals surface area contributed by atoms with E-state index in [4.69, 9.17) is 0 Å². The number of para-hydroxylation sites is 1. The van der Waals surface area contributed by atoms with Crippen LogP contribution in [0.1, 0.15) is 38.2 Å². The maximum Gasteiger partial charge on any atom is 0.291 e.